The van der Waals surface area contributed by atoms with Crippen LogP contribution in [0.15, 0.2) is 0 Å². The number of aliphatic hydroxyl groups excluding tert-OH is 2. The van der Waals surface area contributed by atoms with Crippen LogP contribution >= 0.6 is 0 Å². The quantitative estimate of drug-likeness (QED) is 0.631. The van der Waals surface area contributed by atoms with Crippen LogP contribution < -0.4 is 0 Å². The summed E-state index contributed by atoms with van der Waals surface area (Å²) in [4.78, 5) is 0. The molecule has 1 radical (unpaired) electrons. The summed E-state index contributed by atoms with van der Waals surface area (Å²) in [5, 5.41) is 18.8. The Labute approximate surface area is 109 Å². The molecule has 1 rings (SSSR count). The van der Waals surface area contributed by atoms with Crippen molar-refractivity contribution in [3.63, 3.8) is 0 Å². The molecule has 1 heterocycles. The van der Waals surface area contributed by atoms with E-state index in [4.69, 9.17) is 4.74 Å². The van der Waals surface area contributed by atoms with E-state index in [1.807, 2.05) is 13.8 Å². The van der Waals surface area contributed by atoms with E-state index in [2.05, 4.69) is 0 Å². The molecule has 12 heavy (non-hydrogen) atoms. The first kappa shape index (κ1) is 13.3. The van der Waals surface area contributed by atoms with Gasteiger partial charge in [0.1, 0.15) is 0 Å². The van der Waals surface area contributed by atoms with Crippen LogP contribution in [-0.2, 0) is 4.74 Å². The zero-order valence-electron chi connectivity index (χ0n) is 7.77. The Balaban J connectivity index is 0.00000121. The third kappa shape index (κ3) is 2.65. The number of hydrogen-bond donors (Lipinski definition) is 2. The van der Waals surface area contributed by atoms with Gasteiger partial charge in [-0.15, -0.1) is 0 Å². The minimum atomic E-state index is -0.809. The van der Waals surface area contributed by atoms with Crippen LogP contribution in [0, 0.1) is 55.9 Å². The van der Waals surface area contributed by atoms with Gasteiger partial charge in [0.25, 0.3) is 0 Å². The van der Waals surface area contributed by atoms with E-state index in [1.54, 1.807) is 6.92 Å². The molecular formula is C8H16AcO3. The van der Waals surface area contributed by atoms with Crippen molar-refractivity contribution in [1.82, 2.24) is 0 Å². The van der Waals surface area contributed by atoms with E-state index in [1.165, 1.54) is 0 Å². The number of rotatable bonds is 0. The van der Waals surface area contributed by atoms with Gasteiger partial charge in [0.2, 0.25) is 0 Å². The van der Waals surface area contributed by atoms with Gasteiger partial charge in [-0.1, -0.05) is 13.8 Å². The van der Waals surface area contributed by atoms with Gasteiger partial charge in [0.15, 0.2) is 6.29 Å². The molecule has 0 spiro atoms. The first-order valence-electron chi connectivity index (χ1n) is 4.05. The van der Waals surface area contributed by atoms with Crippen molar-refractivity contribution in [2.24, 2.45) is 11.8 Å². The van der Waals surface area contributed by atoms with E-state index in [9.17, 15) is 10.2 Å². The predicted molar refractivity (Wildman–Crippen MR) is 40.9 cm³/mol. The Hall–Kier alpha value is 1.32. The van der Waals surface area contributed by atoms with Gasteiger partial charge in [-0.05, 0) is 6.92 Å². The van der Waals surface area contributed by atoms with E-state index in [0.717, 1.165) is 0 Å². The second-order valence-electron chi connectivity index (χ2n) is 3.44. The molecule has 1 fully saturated rings. The molecule has 1 aliphatic heterocycles. The van der Waals surface area contributed by atoms with Crippen LogP contribution in [0.3, 0.4) is 0 Å². The molecule has 1 aliphatic rings. The summed E-state index contributed by atoms with van der Waals surface area (Å²) in [6.07, 6.45) is -1.32. The summed E-state index contributed by atoms with van der Waals surface area (Å²) >= 11 is 0. The third-order valence-corrected chi connectivity index (χ3v) is 2.62. The largest absolute Gasteiger partial charge is 0.392 e. The number of hydrogen-bond acceptors (Lipinski definition) is 3. The molecular weight excluding hydrogens is 371 g/mol. The van der Waals surface area contributed by atoms with E-state index >= 15 is 0 Å². The molecule has 5 atom stereocenters. The summed E-state index contributed by atoms with van der Waals surface area (Å²) in [5.74, 6) is -0.0744. The average molecular weight is 387 g/mol. The second-order valence-corrected chi connectivity index (χ2v) is 3.44. The molecule has 69 valence electrons. The van der Waals surface area contributed by atoms with Crippen LogP contribution in [-0.4, -0.2) is 28.7 Å². The van der Waals surface area contributed by atoms with E-state index < -0.39 is 12.4 Å². The number of ether oxygens (including phenoxy) is 1. The van der Waals surface area contributed by atoms with Gasteiger partial charge in [0, 0.05) is 55.9 Å². The van der Waals surface area contributed by atoms with Crippen molar-refractivity contribution in [3.05, 3.63) is 0 Å². The molecule has 0 bridgehead atoms. The Bertz CT molecular complexity index is 128. The Kier molecular flexibility index (Phi) is 5.84. The Morgan fingerprint density at radius 1 is 1.00 bits per heavy atom. The van der Waals surface area contributed by atoms with Gasteiger partial charge in [-0.25, -0.2) is 0 Å². The average Bonchev–Trinajstić information content (AvgIpc) is 1.97. The zero-order chi connectivity index (χ0) is 8.59. The molecule has 2 N–H and O–H groups in total. The SMILES string of the molecule is CC1C(O)OC(C)[C@H](C)C1O.[Ac]. The number of aliphatic hydroxyl groups is 2. The summed E-state index contributed by atoms with van der Waals surface area (Å²) < 4.78 is 5.18. The molecule has 0 aliphatic carbocycles. The first-order valence-corrected chi connectivity index (χ1v) is 4.05. The van der Waals surface area contributed by atoms with Crippen LogP contribution in [0.1, 0.15) is 20.8 Å². The summed E-state index contributed by atoms with van der Waals surface area (Å²) in [5.41, 5.74) is 0. The van der Waals surface area contributed by atoms with Crippen molar-refractivity contribution < 1.29 is 59.0 Å². The molecule has 3 nitrogen and oxygen atoms in total. The molecule has 4 unspecified atom stereocenters. The minimum Gasteiger partial charge on any atom is -0.392 e. The maximum atomic E-state index is 9.55. The molecule has 1 saturated heterocycles. The first-order chi connectivity index (χ1) is 5.04. The molecule has 0 saturated carbocycles. The summed E-state index contributed by atoms with van der Waals surface area (Å²) in [6, 6.07) is 0. The van der Waals surface area contributed by atoms with Gasteiger partial charge < -0.3 is 14.9 Å². The van der Waals surface area contributed by atoms with Gasteiger partial charge >= 0.3 is 0 Å². The topological polar surface area (TPSA) is 49.7 Å². The predicted octanol–water partition coefficient (Wildman–Crippen LogP) is 0.357. The van der Waals surface area contributed by atoms with Crippen molar-refractivity contribution in [3.8, 4) is 0 Å². The summed E-state index contributed by atoms with van der Waals surface area (Å²) in [6.45, 7) is 5.58. The molecule has 0 aromatic carbocycles. The molecule has 0 aromatic heterocycles. The van der Waals surface area contributed by atoms with E-state index in [-0.39, 0.29) is 62.0 Å². The summed E-state index contributed by atoms with van der Waals surface area (Å²) in [7, 11) is 0. The van der Waals surface area contributed by atoms with Crippen LogP contribution in [0.25, 0.3) is 0 Å². The van der Waals surface area contributed by atoms with E-state index in [0.29, 0.717) is 0 Å². The van der Waals surface area contributed by atoms with Crippen LogP contribution in [0.4, 0.5) is 0 Å². The van der Waals surface area contributed by atoms with Crippen molar-refractivity contribution in [1.29, 1.82) is 0 Å². The zero-order valence-corrected chi connectivity index (χ0v) is 12.5. The molecule has 0 amide bonds. The standard InChI is InChI=1S/C8H16O3.Ac/c1-4-6(3)11-8(10)5(2)7(4)9;/h4-10H,1-3H3;/t4-,5?,6?,7?,8?;/m0./s1. The smallest absolute Gasteiger partial charge is 0.159 e. The maximum Gasteiger partial charge on any atom is 0.159 e. The van der Waals surface area contributed by atoms with Gasteiger partial charge in [-0.2, -0.15) is 0 Å². The molecule has 0 aromatic rings. The minimum absolute atomic E-state index is 0. The molecule has 4 heteroatoms. The normalized spacial score (nSPS) is 48.2. The van der Waals surface area contributed by atoms with Crippen molar-refractivity contribution in [2.75, 3.05) is 0 Å². The fourth-order valence-corrected chi connectivity index (χ4v) is 1.39. The van der Waals surface area contributed by atoms with Gasteiger partial charge in [-0.3, -0.25) is 0 Å². The van der Waals surface area contributed by atoms with Crippen LogP contribution in [0.2, 0.25) is 0 Å². The maximum absolute atomic E-state index is 9.55. The van der Waals surface area contributed by atoms with Gasteiger partial charge in [0.05, 0.1) is 12.2 Å². The fourth-order valence-electron chi connectivity index (χ4n) is 1.39. The monoisotopic (exact) mass is 387 g/mol. The Morgan fingerprint density at radius 2 is 1.50 bits per heavy atom. The van der Waals surface area contributed by atoms with Crippen LogP contribution in [0.5, 0.6) is 0 Å². The third-order valence-electron chi connectivity index (χ3n) is 2.62. The Morgan fingerprint density at radius 3 is 2.00 bits per heavy atom. The second kappa shape index (κ2) is 5.26. The van der Waals surface area contributed by atoms with Crippen molar-refractivity contribution >= 4 is 0 Å². The fraction of sp³-hybridized carbons (Fsp3) is 1.00. The van der Waals surface area contributed by atoms with Crippen molar-refractivity contribution in [2.45, 2.75) is 39.3 Å².